The van der Waals surface area contributed by atoms with E-state index in [1.165, 1.54) is 26.2 Å². The molecule has 0 aromatic rings. The van der Waals surface area contributed by atoms with Crippen molar-refractivity contribution in [3.63, 3.8) is 0 Å². The summed E-state index contributed by atoms with van der Waals surface area (Å²) in [6, 6.07) is -0.829. The van der Waals surface area contributed by atoms with Crippen LogP contribution in [0, 0.1) is 11.8 Å². The summed E-state index contributed by atoms with van der Waals surface area (Å²) in [7, 11) is 0. The lowest BCUT2D eigenvalue weighted by molar-refractivity contribution is -0.141. The quantitative estimate of drug-likeness (QED) is 0.637. The summed E-state index contributed by atoms with van der Waals surface area (Å²) in [5, 5.41) is 14.5. The van der Waals surface area contributed by atoms with Gasteiger partial charge in [-0.2, -0.15) is 0 Å². The molecule has 3 atom stereocenters. The number of aliphatic carboxylic acids is 1. The second kappa shape index (κ2) is 6.59. The van der Waals surface area contributed by atoms with Crippen molar-refractivity contribution >= 4 is 11.9 Å². The van der Waals surface area contributed by atoms with Gasteiger partial charge in [0.25, 0.3) is 0 Å². The summed E-state index contributed by atoms with van der Waals surface area (Å²) in [6.45, 7) is 4.69. The molecule has 5 heteroatoms. The van der Waals surface area contributed by atoms with E-state index in [0.29, 0.717) is 11.8 Å². The van der Waals surface area contributed by atoms with Gasteiger partial charge in [0.05, 0.1) is 0 Å². The second-order valence-electron chi connectivity index (χ2n) is 4.92. The van der Waals surface area contributed by atoms with Gasteiger partial charge in [0.1, 0.15) is 6.04 Å². The summed E-state index contributed by atoms with van der Waals surface area (Å²) in [6.07, 6.45) is 3.74. The summed E-state index contributed by atoms with van der Waals surface area (Å²) in [4.78, 5) is 21.7. The van der Waals surface area contributed by atoms with E-state index < -0.39 is 12.0 Å². The molecule has 0 aromatic carbocycles. The van der Waals surface area contributed by atoms with Crippen molar-refractivity contribution in [1.29, 1.82) is 0 Å². The molecule has 0 spiro atoms. The minimum absolute atomic E-state index is 0.290. The van der Waals surface area contributed by atoms with E-state index in [9.17, 15) is 9.59 Å². The molecule has 1 aliphatic carbocycles. The molecule has 5 nitrogen and oxygen atoms in total. The maximum Gasteiger partial charge on any atom is 0.327 e. The monoisotopic (exact) mass is 242 g/mol. The SMILES string of the molecule is CC(=O)NC(CNCC1CCCC1C)C(=O)O. The highest BCUT2D eigenvalue weighted by atomic mass is 16.4. The Morgan fingerprint density at radius 3 is 2.59 bits per heavy atom. The summed E-state index contributed by atoms with van der Waals surface area (Å²) < 4.78 is 0. The normalized spacial score (nSPS) is 25.5. The number of rotatable bonds is 6. The molecule has 0 aromatic heterocycles. The van der Waals surface area contributed by atoms with Crippen molar-refractivity contribution in [2.75, 3.05) is 13.1 Å². The van der Waals surface area contributed by atoms with Gasteiger partial charge in [-0.15, -0.1) is 0 Å². The molecule has 1 saturated carbocycles. The van der Waals surface area contributed by atoms with Crippen molar-refractivity contribution in [2.45, 2.75) is 39.2 Å². The van der Waals surface area contributed by atoms with Crippen molar-refractivity contribution in [1.82, 2.24) is 10.6 Å². The molecule has 17 heavy (non-hydrogen) atoms. The van der Waals surface area contributed by atoms with E-state index in [2.05, 4.69) is 17.6 Å². The standard InChI is InChI=1S/C12H22N2O3/c1-8-4-3-5-10(8)6-13-7-11(12(16)17)14-9(2)15/h8,10-11,13H,3-7H2,1-2H3,(H,14,15)(H,16,17). The van der Waals surface area contributed by atoms with Crippen molar-refractivity contribution in [3.8, 4) is 0 Å². The van der Waals surface area contributed by atoms with E-state index in [-0.39, 0.29) is 12.5 Å². The Morgan fingerprint density at radius 1 is 1.41 bits per heavy atom. The van der Waals surface area contributed by atoms with Crippen LogP contribution >= 0.6 is 0 Å². The van der Waals surface area contributed by atoms with Gasteiger partial charge in [-0.1, -0.05) is 19.8 Å². The molecule has 0 aliphatic heterocycles. The highest BCUT2D eigenvalue weighted by Crippen LogP contribution is 2.30. The summed E-state index contributed by atoms with van der Waals surface area (Å²) >= 11 is 0. The molecule has 1 fully saturated rings. The van der Waals surface area contributed by atoms with Crippen LogP contribution in [0.2, 0.25) is 0 Å². The number of carbonyl (C=O) groups is 2. The first-order valence-corrected chi connectivity index (χ1v) is 6.21. The first-order valence-electron chi connectivity index (χ1n) is 6.21. The summed E-state index contributed by atoms with van der Waals surface area (Å²) in [5.41, 5.74) is 0. The minimum Gasteiger partial charge on any atom is -0.480 e. The number of carbonyl (C=O) groups excluding carboxylic acids is 1. The Kier molecular flexibility index (Phi) is 5.41. The van der Waals surface area contributed by atoms with E-state index in [0.717, 1.165) is 6.54 Å². The predicted molar refractivity (Wildman–Crippen MR) is 64.6 cm³/mol. The summed E-state index contributed by atoms with van der Waals surface area (Å²) in [5.74, 6) is 0.0499. The highest BCUT2D eigenvalue weighted by Gasteiger charge is 2.24. The lowest BCUT2D eigenvalue weighted by atomic mass is 9.98. The molecular formula is C12H22N2O3. The van der Waals surface area contributed by atoms with Gasteiger partial charge < -0.3 is 15.7 Å². The number of hydrogen-bond donors (Lipinski definition) is 3. The highest BCUT2D eigenvalue weighted by molar-refractivity contribution is 5.82. The molecule has 0 bridgehead atoms. The zero-order valence-electron chi connectivity index (χ0n) is 10.5. The van der Waals surface area contributed by atoms with Gasteiger partial charge in [-0.25, -0.2) is 4.79 Å². The third-order valence-electron chi connectivity index (χ3n) is 3.47. The number of carboxylic acids is 1. The fourth-order valence-electron chi connectivity index (χ4n) is 2.38. The molecule has 1 aliphatic rings. The van der Waals surface area contributed by atoms with Crippen LogP contribution in [0.1, 0.15) is 33.1 Å². The van der Waals surface area contributed by atoms with E-state index in [4.69, 9.17) is 5.11 Å². The van der Waals surface area contributed by atoms with Gasteiger partial charge in [-0.3, -0.25) is 4.79 Å². The van der Waals surface area contributed by atoms with E-state index in [1.807, 2.05) is 0 Å². The van der Waals surface area contributed by atoms with Crippen molar-refractivity contribution in [3.05, 3.63) is 0 Å². The van der Waals surface area contributed by atoms with Crippen LogP contribution in [0.3, 0.4) is 0 Å². The third kappa shape index (κ3) is 4.73. The first-order chi connectivity index (χ1) is 8.00. The molecule has 0 saturated heterocycles. The Labute approximate surface area is 102 Å². The smallest absolute Gasteiger partial charge is 0.327 e. The second-order valence-corrected chi connectivity index (χ2v) is 4.92. The van der Waals surface area contributed by atoms with E-state index >= 15 is 0 Å². The van der Waals surface area contributed by atoms with Crippen molar-refractivity contribution < 1.29 is 14.7 Å². The molecule has 1 amide bonds. The lowest BCUT2D eigenvalue weighted by Gasteiger charge is -2.18. The van der Waals surface area contributed by atoms with Gasteiger partial charge in [-0.05, 0) is 24.8 Å². The number of nitrogens with one attached hydrogen (secondary N) is 2. The predicted octanol–water partition coefficient (Wildman–Crippen LogP) is 0.601. The van der Waals surface area contributed by atoms with Crippen LogP contribution in [0.5, 0.6) is 0 Å². The molecule has 3 unspecified atom stereocenters. The maximum absolute atomic E-state index is 10.9. The molecule has 3 N–H and O–H groups in total. The lowest BCUT2D eigenvalue weighted by Crippen LogP contribution is -2.47. The number of amides is 1. The Bertz CT molecular complexity index is 281. The van der Waals surface area contributed by atoms with Crippen LogP contribution < -0.4 is 10.6 Å². The van der Waals surface area contributed by atoms with Gasteiger partial charge in [0.15, 0.2) is 0 Å². The average molecular weight is 242 g/mol. The first kappa shape index (κ1) is 14.0. The van der Waals surface area contributed by atoms with Gasteiger partial charge in [0, 0.05) is 13.5 Å². The molecule has 98 valence electrons. The Morgan fingerprint density at radius 2 is 2.12 bits per heavy atom. The van der Waals surface area contributed by atoms with Crippen LogP contribution in [0.15, 0.2) is 0 Å². The fraction of sp³-hybridized carbons (Fsp3) is 0.833. The zero-order chi connectivity index (χ0) is 12.8. The number of carboxylic acid groups (broad SMARTS) is 1. The van der Waals surface area contributed by atoms with Crippen LogP contribution in [0.25, 0.3) is 0 Å². The average Bonchev–Trinajstić information content (AvgIpc) is 2.62. The minimum atomic E-state index is -0.993. The van der Waals surface area contributed by atoms with Gasteiger partial charge >= 0.3 is 5.97 Å². The van der Waals surface area contributed by atoms with Gasteiger partial charge in [0.2, 0.25) is 5.91 Å². The number of hydrogen-bond acceptors (Lipinski definition) is 3. The van der Waals surface area contributed by atoms with Crippen LogP contribution in [-0.2, 0) is 9.59 Å². The zero-order valence-corrected chi connectivity index (χ0v) is 10.5. The topological polar surface area (TPSA) is 78.4 Å². The fourth-order valence-corrected chi connectivity index (χ4v) is 2.38. The molecule has 0 heterocycles. The third-order valence-corrected chi connectivity index (χ3v) is 3.47. The molecule has 0 radical (unpaired) electrons. The Hall–Kier alpha value is -1.10. The molecule has 1 rings (SSSR count). The maximum atomic E-state index is 10.9. The van der Waals surface area contributed by atoms with E-state index in [1.54, 1.807) is 0 Å². The van der Waals surface area contributed by atoms with Crippen LogP contribution in [0.4, 0.5) is 0 Å². The molecular weight excluding hydrogens is 220 g/mol. The van der Waals surface area contributed by atoms with Crippen molar-refractivity contribution in [2.24, 2.45) is 11.8 Å². The Balaban J connectivity index is 2.26. The van der Waals surface area contributed by atoms with Crippen LogP contribution in [-0.4, -0.2) is 36.1 Å². The largest absolute Gasteiger partial charge is 0.480 e.